The fourth-order valence-electron chi connectivity index (χ4n) is 2.78. The van der Waals surface area contributed by atoms with Crippen molar-refractivity contribution in [3.8, 4) is 0 Å². The zero-order valence-corrected chi connectivity index (χ0v) is 12.6. The Labute approximate surface area is 118 Å². The van der Waals surface area contributed by atoms with E-state index in [4.69, 9.17) is 0 Å². The van der Waals surface area contributed by atoms with Crippen molar-refractivity contribution in [2.75, 3.05) is 10.8 Å². The van der Waals surface area contributed by atoms with Crippen LogP contribution < -0.4 is 4.31 Å². The monoisotopic (exact) mass is 291 g/mol. The smallest absolute Gasteiger partial charge is 0.268 e. The van der Waals surface area contributed by atoms with Gasteiger partial charge >= 0.3 is 0 Å². The molecule has 1 aromatic heterocycles. The van der Waals surface area contributed by atoms with Gasteiger partial charge in [-0.15, -0.1) is 0 Å². The molecule has 0 saturated heterocycles. The Balaban J connectivity index is 2.12. The number of aromatic amines is 1. The molecule has 106 valence electrons. The third-order valence-electron chi connectivity index (χ3n) is 3.70. The molecule has 1 aliphatic rings. The lowest BCUT2D eigenvalue weighted by Gasteiger charge is -2.19. The highest BCUT2D eigenvalue weighted by atomic mass is 32.2. The van der Waals surface area contributed by atoms with Crippen LogP contribution in [0.1, 0.15) is 22.5 Å². The van der Waals surface area contributed by atoms with Crippen molar-refractivity contribution >= 4 is 15.7 Å². The Morgan fingerprint density at radius 2 is 2.00 bits per heavy atom. The summed E-state index contributed by atoms with van der Waals surface area (Å²) >= 11 is 0. The molecule has 2 heterocycles. The van der Waals surface area contributed by atoms with Crippen LogP contribution in [-0.2, 0) is 16.4 Å². The second-order valence-corrected chi connectivity index (χ2v) is 7.02. The number of hydrogen-bond acceptors (Lipinski definition) is 3. The van der Waals surface area contributed by atoms with Crippen LogP contribution in [0.25, 0.3) is 0 Å². The average molecular weight is 291 g/mol. The average Bonchev–Trinajstić information content (AvgIpc) is 2.93. The number of nitrogens with one attached hydrogen (secondary N) is 1. The first-order valence-corrected chi connectivity index (χ1v) is 7.99. The van der Waals surface area contributed by atoms with Crippen LogP contribution in [0.5, 0.6) is 0 Å². The first kappa shape index (κ1) is 13.2. The lowest BCUT2D eigenvalue weighted by atomic mass is 10.1. The molecule has 1 aromatic carbocycles. The topological polar surface area (TPSA) is 66.1 Å². The van der Waals surface area contributed by atoms with E-state index in [9.17, 15) is 8.42 Å². The summed E-state index contributed by atoms with van der Waals surface area (Å²) in [4.78, 5) is 0.297. The molecule has 0 aliphatic carbocycles. The molecular weight excluding hydrogens is 274 g/mol. The highest BCUT2D eigenvalue weighted by molar-refractivity contribution is 7.93. The van der Waals surface area contributed by atoms with Gasteiger partial charge in [-0.2, -0.15) is 5.10 Å². The molecule has 0 spiro atoms. The summed E-state index contributed by atoms with van der Waals surface area (Å²) in [6, 6.07) is 5.89. The van der Waals surface area contributed by atoms with Crippen molar-refractivity contribution in [1.29, 1.82) is 0 Å². The predicted octanol–water partition coefficient (Wildman–Crippen LogP) is 2.09. The van der Waals surface area contributed by atoms with E-state index in [0.717, 1.165) is 23.2 Å². The van der Waals surface area contributed by atoms with Gasteiger partial charge in [0.2, 0.25) is 0 Å². The molecule has 0 saturated carbocycles. The SMILES string of the molecule is Cc1ccc2c(c1)CCN2S(=O)(=O)c1c(C)n[nH]c1C. The summed E-state index contributed by atoms with van der Waals surface area (Å²) in [5, 5.41) is 6.74. The molecule has 0 atom stereocenters. The van der Waals surface area contributed by atoms with E-state index < -0.39 is 10.0 Å². The van der Waals surface area contributed by atoms with E-state index in [1.165, 1.54) is 4.31 Å². The number of anilines is 1. The number of rotatable bonds is 2. The summed E-state index contributed by atoms with van der Waals surface area (Å²) in [6.07, 6.45) is 0.756. The molecule has 3 rings (SSSR count). The molecule has 0 amide bonds. The first-order valence-electron chi connectivity index (χ1n) is 6.55. The maximum absolute atomic E-state index is 12.9. The van der Waals surface area contributed by atoms with Crippen molar-refractivity contribution in [3.05, 3.63) is 40.7 Å². The second kappa shape index (κ2) is 4.34. The zero-order valence-electron chi connectivity index (χ0n) is 11.8. The van der Waals surface area contributed by atoms with Crippen molar-refractivity contribution in [1.82, 2.24) is 10.2 Å². The molecule has 1 N–H and O–H groups in total. The minimum atomic E-state index is -3.54. The fraction of sp³-hybridized carbons (Fsp3) is 0.357. The molecule has 0 fully saturated rings. The third-order valence-corrected chi connectivity index (χ3v) is 5.77. The van der Waals surface area contributed by atoms with Gasteiger partial charge in [0.25, 0.3) is 10.0 Å². The van der Waals surface area contributed by atoms with E-state index in [1.54, 1.807) is 13.8 Å². The molecule has 5 nitrogen and oxygen atoms in total. The van der Waals surface area contributed by atoms with Crippen LogP contribution >= 0.6 is 0 Å². The number of H-pyrrole nitrogens is 1. The van der Waals surface area contributed by atoms with Crippen LogP contribution in [0.15, 0.2) is 23.1 Å². The first-order chi connectivity index (χ1) is 9.41. The Bertz CT molecular complexity index is 758. The number of hydrogen-bond donors (Lipinski definition) is 1. The molecule has 0 unspecified atom stereocenters. The zero-order chi connectivity index (χ0) is 14.5. The van der Waals surface area contributed by atoms with Crippen molar-refractivity contribution in [2.24, 2.45) is 0 Å². The molecular formula is C14H17N3O2S. The maximum Gasteiger partial charge on any atom is 0.268 e. The highest BCUT2D eigenvalue weighted by Crippen LogP contribution is 2.34. The molecule has 0 radical (unpaired) electrons. The summed E-state index contributed by atoms with van der Waals surface area (Å²) in [5.74, 6) is 0. The van der Waals surface area contributed by atoms with Gasteiger partial charge in [-0.3, -0.25) is 9.40 Å². The number of fused-ring (bicyclic) bond motifs is 1. The Hall–Kier alpha value is -1.82. The quantitative estimate of drug-likeness (QED) is 0.921. The third kappa shape index (κ3) is 1.83. The molecule has 1 aliphatic heterocycles. The van der Waals surface area contributed by atoms with E-state index in [-0.39, 0.29) is 0 Å². The number of aryl methyl sites for hydroxylation is 3. The standard InChI is InChI=1S/C14H17N3O2S/c1-9-4-5-13-12(8-9)6-7-17(13)20(18,19)14-10(2)15-16-11(14)3/h4-5,8H,6-7H2,1-3H3,(H,15,16). The number of sulfonamides is 1. The Kier molecular flexibility index (Phi) is 2.86. The van der Waals surface area contributed by atoms with Gasteiger partial charge in [-0.1, -0.05) is 17.7 Å². The van der Waals surface area contributed by atoms with Crippen molar-refractivity contribution in [2.45, 2.75) is 32.1 Å². The van der Waals surface area contributed by atoms with Crippen LogP contribution in [-0.4, -0.2) is 25.2 Å². The highest BCUT2D eigenvalue weighted by Gasteiger charge is 2.34. The lowest BCUT2D eigenvalue weighted by Crippen LogP contribution is -2.29. The van der Waals surface area contributed by atoms with E-state index in [2.05, 4.69) is 16.3 Å². The van der Waals surface area contributed by atoms with Gasteiger partial charge in [0.1, 0.15) is 4.90 Å². The normalized spacial score (nSPS) is 14.7. The summed E-state index contributed by atoms with van der Waals surface area (Å²) < 4.78 is 27.2. The van der Waals surface area contributed by atoms with Crippen LogP contribution in [0.3, 0.4) is 0 Å². The number of nitrogens with zero attached hydrogens (tertiary/aromatic N) is 2. The largest absolute Gasteiger partial charge is 0.281 e. The number of aromatic nitrogens is 2. The Morgan fingerprint density at radius 1 is 1.25 bits per heavy atom. The fourth-order valence-corrected chi connectivity index (χ4v) is 4.62. The van der Waals surface area contributed by atoms with Crippen molar-refractivity contribution < 1.29 is 8.42 Å². The van der Waals surface area contributed by atoms with Crippen molar-refractivity contribution in [3.63, 3.8) is 0 Å². The van der Waals surface area contributed by atoms with Gasteiger partial charge in [0.15, 0.2) is 0 Å². The molecule has 20 heavy (non-hydrogen) atoms. The minimum absolute atomic E-state index is 0.297. The van der Waals surface area contributed by atoms with Gasteiger partial charge in [0.05, 0.1) is 17.1 Å². The van der Waals surface area contributed by atoms with Gasteiger partial charge in [-0.05, 0) is 38.8 Å². The molecule has 6 heteroatoms. The maximum atomic E-state index is 12.9. The predicted molar refractivity (Wildman–Crippen MR) is 77.5 cm³/mol. The van der Waals surface area contributed by atoms with Crippen LogP contribution in [0.4, 0.5) is 5.69 Å². The molecule has 0 bridgehead atoms. The van der Waals surface area contributed by atoms with E-state index in [1.807, 2.05) is 19.1 Å². The van der Waals surface area contributed by atoms with Crippen LogP contribution in [0, 0.1) is 20.8 Å². The van der Waals surface area contributed by atoms with E-state index in [0.29, 0.717) is 22.8 Å². The summed E-state index contributed by atoms with van der Waals surface area (Å²) in [7, 11) is -3.54. The minimum Gasteiger partial charge on any atom is -0.281 e. The van der Waals surface area contributed by atoms with Gasteiger partial charge in [0, 0.05) is 6.54 Å². The van der Waals surface area contributed by atoms with E-state index >= 15 is 0 Å². The van der Waals surface area contributed by atoms with Gasteiger partial charge < -0.3 is 0 Å². The van der Waals surface area contributed by atoms with Crippen LogP contribution in [0.2, 0.25) is 0 Å². The number of benzene rings is 1. The Morgan fingerprint density at radius 3 is 2.65 bits per heavy atom. The summed E-state index contributed by atoms with van der Waals surface area (Å²) in [5.41, 5.74) is 4.13. The summed E-state index contributed by atoms with van der Waals surface area (Å²) in [6.45, 7) is 5.95. The van der Waals surface area contributed by atoms with Gasteiger partial charge in [-0.25, -0.2) is 8.42 Å². The second-order valence-electron chi connectivity index (χ2n) is 5.22. The lowest BCUT2D eigenvalue weighted by molar-refractivity contribution is 0.591. The molecule has 2 aromatic rings.